The van der Waals surface area contributed by atoms with Gasteiger partial charge in [-0.1, -0.05) is 19.4 Å². The van der Waals surface area contributed by atoms with Gasteiger partial charge in [0.15, 0.2) is 0 Å². The van der Waals surface area contributed by atoms with E-state index in [-0.39, 0.29) is 0 Å². The van der Waals surface area contributed by atoms with Crippen LogP contribution in [0.5, 0.6) is 0 Å². The van der Waals surface area contributed by atoms with Crippen LogP contribution in [0.1, 0.15) is 31.7 Å². The molecule has 2 aromatic rings. The SMILES string of the molecule is CC[C@H](CC/C=C/NC(=O)O)Cn1cnc2ccc(C#N)cc21. The van der Waals surface area contributed by atoms with Gasteiger partial charge in [0.1, 0.15) is 0 Å². The van der Waals surface area contributed by atoms with Gasteiger partial charge in [0.05, 0.1) is 29.0 Å². The number of hydrogen-bond donors (Lipinski definition) is 2. The molecule has 6 nitrogen and oxygen atoms in total. The number of nitrogens with zero attached hydrogens (tertiary/aromatic N) is 3. The minimum atomic E-state index is -1.05. The van der Waals surface area contributed by atoms with Crippen molar-refractivity contribution in [2.75, 3.05) is 0 Å². The maximum atomic E-state index is 10.3. The first-order valence-electron chi connectivity index (χ1n) is 7.63. The molecule has 0 saturated heterocycles. The summed E-state index contributed by atoms with van der Waals surface area (Å²) in [6.07, 6.45) is 6.86. The molecule has 23 heavy (non-hydrogen) atoms. The average molecular weight is 312 g/mol. The van der Waals surface area contributed by atoms with E-state index in [1.165, 1.54) is 6.20 Å². The molecular formula is C17H20N4O2. The zero-order valence-electron chi connectivity index (χ0n) is 13.1. The summed E-state index contributed by atoms with van der Waals surface area (Å²) in [6, 6.07) is 7.66. The summed E-state index contributed by atoms with van der Waals surface area (Å²) in [4.78, 5) is 14.7. The third-order valence-electron chi connectivity index (χ3n) is 3.85. The van der Waals surface area contributed by atoms with Crippen molar-refractivity contribution in [2.45, 2.75) is 32.7 Å². The van der Waals surface area contributed by atoms with Gasteiger partial charge in [-0.2, -0.15) is 5.26 Å². The predicted molar refractivity (Wildman–Crippen MR) is 87.8 cm³/mol. The van der Waals surface area contributed by atoms with Gasteiger partial charge in [0, 0.05) is 12.7 Å². The molecule has 2 N–H and O–H groups in total. The number of nitrogens with one attached hydrogen (secondary N) is 1. The van der Waals surface area contributed by atoms with E-state index < -0.39 is 6.09 Å². The monoisotopic (exact) mass is 312 g/mol. The van der Waals surface area contributed by atoms with Gasteiger partial charge in [-0.15, -0.1) is 0 Å². The van der Waals surface area contributed by atoms with Gasteiger partial charge in [0.2, 0.25) is 0 Å². The Morgan fingerprint density at radius 2 is 2.39 bits per heavy atom. The molecule has 0 unspecified atom stereocenters. The minimum absolute atomic E-state index is 0.465. The maximum absolute atomic E-state index is 10.3. The second-order valence-corrected chi connectivity index (χ2v) is 5.42. The van der Waals surface area contributed by atoms with Crippen LogP contribution in [0, 0.1) is 17.2 Å². The number of carboxylic acid groups (broad SMARTS) is 1. The molecular weight excluding hydrogens is 292 g/mol. The summed E-state index contributed by atoms with van der Waals surface area (Å²) in [5.41, 5.74) is 2.50. The Kier molecular flexibility index (Phi) is 5.75. The van der Waals surface area contributed by atoms with Crippen LogP contribution in [0.3, 0.4) is 0 Å². The molecule has 2 rings (SSSR count). The lowest BCUT2D eigenvalue weighted by Gasteiger charge is -2.15. The molecule has 1 atom stereocenters. The zero-order valence-corrected chi connectivity index (χ0v) is 13.1. The van der Waals surface area contributed by atoms with Crippen LogP contribution in [0.25, 0.3) is 11.0 Å². The zero-order chi connectivity index (χ0) is 16.7. The highest BCUT2D eigenvalue weighted by molar-refractivity contribution is 5.76. The van der Waals surface area contributed by atoms with Gasteiger partial charge in [0.25, 0.3) is 0 Å². The smallest absolute Gasteiger partial charge is 0.408 e. The van der Waals surface area contributed by atoms with Gasteiger partial charge < -0.3 is 9.67 Å². The molecule has 0 aliphatic rings. The minimum Gasteiger partial charge on any atom is -0.465 e. The maximum Gasteiger partial charge on any atom is 0.408 e. The molecule has 0 radical (unpaired) electrons. The van der Waals surface area contributed by atoms with Gasteiger partial charge in [-0.05, 0) is 37.0 Å². The van der Waals surface area contributed by atoms with Crippen molar-refractivity contribution in [3.8, 4) is 6.07 Å². The highest BCUT2D eigenvalue weighted by Crippen LogP contribution is 2.20. The highest BCUT2D eigenvalue weighted by Gasteiger charge is 2.10. The number of rotatable bonds is 7. The largest absolute Gasteiger partial charge is 0.465 e. The van der Waals surface area contributed by atoms with Crippen molar-refractivity contribution in [2.24, 2.45) is 5.92 Å². The summed E-state index contributed by atoms with van der Waals surface area (Å²) in [6.45, 7) is 2.98. The fourth-order valence-corrected chi connectivity index (χ4v) is 2.52. The molecule has 0 bridgehead atoms. The van der Waals surface area contributed by atoms with E-state index >= 15 is 0 Å². The Morgan fingerprint density at radius 3 is 3.09 bits per heavy atom. The lowest BCUT2D eigenvalue weighted by Crippen LogP contribution is -2.13. The molecule has 6 heteroatoms. The van der Waals surface area contributed by atoms with Gasteiger partial charge in [-0.25, -0.2) is 9.78 Å². The van der Waals surface area contributed by atoms with Crippen molar-refractivity contribution >= 4 is 17.1 Å². The van der Waals surface area contributed by atoms with Crippen molar-refractivity contribution in [1.29, 1.82) is 5.26 Å². The normalized spacial score (nSPS) is 12.3. The molecule has 0 fully saturated rings. The lowest BCUT2D eigenvalue weighted by atomic mass is 10.00. The Balaban J connectivity index is 2.00. The van der Waals surface area contributed by atoms with E-state index in [1.807, 2.05) is 24.5 Å². The summed E-state index contributed by atoms with van der Waals surface area (Å²) >= 11 is 0. The van der Waals surface area contributed by atoms with E-state index in [1.54, 1.807) is 6.07 Å². The average Bonchev–Trinajstić information content (AvgIpc) is 2.95. The van der Waals surface area contributed by atoms with Gasteiger partial charge >= 0.3 is 6.09 Å². The van der Waals surface area contributed by atoms with E-state index in [4.69, 9.17) is 10.4 Å². The number of amides is 1. The number of benzene rings is 1. The molecule has 0 aliphatic heterocycles. The number of imidazole rings is 1. The molecule has 0 aliphatic carbocycles. The van der Waals surface area contributed by atoms with Crippen LogP contribution in [-0.2, 0) is 6.54 Å². The van der Waals surface area contributed by atoms with Crippen molar-refractivity contribution in [3.63, 3.8) is 0 Å². The third-order valence-corrected chi connectivity index (χ3v) is 3.85. The van der Waals surface area contributed by atoms with Crippen LogP contribution in [0.15, 0.2) is 36.8 Å². The molecule has 1 aromatic carbocycles. The number of nitriles is 1. The third kappa shape index (κ3) is 4.58. The Labute approximate surface area is 135 Å². The van der Waals surface area contributed by atoms with Crippen LogP contribution in [0.4, 0.5) is 4.79 Å². The van der Waals surface area contributed by atoms with Crippen molar-refractivity contribution in [1.82, 2.24) is 14.9 Å². The van der Waals surface area contributed by atoms with E-state index in [0.717, 1.165) is 36.8 Å². The topological polar surface area (TPSA) is 90.9 Å². The first-order valence-corrected chi connectivity index (χ1v) is 7.63. The fourth-order valence-electron chi connectivity index (χ4n) is 2.52. The summed E-state index contributed by atoms with van der Waals surface area (Å²) in [7, 11) is 0. The number of fused-ring (bicyclic) bond motifs is 1. The second kappa shape index (κ2) is 7.99. The van der Waals surface area contributed by atoms with Gasteiger partial charge in [-0.3, -0.25) is 5.32 Å². The highest BCUT2D eigenvalue weighted by atomic mass is 16.4. The number of aromatic nitrogens is 2. The van der Waals surface area contributed by atoms with E-state index in [2.05, 4.69) is 27.9 Å². The second-order valence-electron chi connectivity index (χ2n) is 5.42. The van der Waals surface area contributed by atoms with Crippen molar-refractivity contribution < 1.29 is 9.90 Å². The summed E-state index contributed by atoms with van der Waals surface area (Å²) in [5, 5.41) is 19.7. The standard InChI is InChI=1S/C17H20N4O2/c1-2-13(5-3-4-8-19-17(22)23)11-21-12-20-15-7-6-14(10-18)9-16(15)21/h4,6-9,12-13,19H,2-3,5,11H2,1H3,(H,22,23)/b8-4+/t13-/m1/s1. The van der Waals surface area contributed by atoms with E-state index in [9.17, 15) is 4.79 Å². The predicted octanol–water partition coefficient (Wildman–Crippen LogP) is 3.50. The van der Waals surface area contributed by atoms with Crippen molar-refractivity contribution in [3.05, 3.63) is 42.4 Å². The molecule has 1 amide bonds. The Morgan fingerprint density at radius 1 is 1.57 bits per heavy atom. The number of hydrogen-bond acceptors (Lipinski definition) is 3. The molecule has 0 spiro atoms. The molecule has 1 aromatic heterocycles. The first-order chi connectivity index (χ1) is 11.1. The number of allylic oxidation sites excluding steroid dienone is 1. The van der Waals surface area contributed by atoms with E-state index in [0.29, 0.717) is 11.5 Å². The van der Waals surface area contributed by atoms with Crippen LogP contribution in [-0.4, -0.2) is 20.8 Å². The van der Waals surface area contributed by atoms with Crippen LogP contribution in [0.2, 0.25) is 0 Å². The summed E-state index contributed by atoms with van der Waals surface area (Å²) in [5.74, 6) is 0.465. The quantitative estimate of drug-likeness (QED) is 0.818. The van der Waals surface area contributed by atoms with Crippen LogP contribution < -0.4 is 5.32 Å². The lowest BCUT2D eigenvalue weighted by molar-refractivity contribution is 0.198. The number of carbonyl (C=O) groups is 1. The molecule has 120 valence electrons. The summed E-state index contributed by atoms with van der Waals surface area (Å²) < 4.78 is 2.09. The molecule has 1 heterocycles. The molecule has 0 saturated carbocycles. The fraction of sp³-hybridized carbons (Fsp3) is 0.353. The van der Waals surface area contributed by atoms with Crippen LogP contribution >= 0.6 is 0 Å². The Bertz CT molecular complexity index is 743. The first kappa shape index (κ1) is 16.6. The Hall–Kier alpha value is -2.81.